The molecule has 4 rings (SSSR count). The minimum atomic E-state index is 0. The Morgan fingerprint density at radius 1 is 0.964 bits per heavy atom. The van der Waals surface area contributed by atoms with Gasteiger partial charge in [-0.25, -0.2) is 0 Å². The number of benzene rings is 2. The minimum Gasteiger partial charge on any atom is -1.00 e. The first-order valence-electron chi connectivity index (χ1n) is 10.8. The van der Waals surface area contributed by atoms with Gasteiger partial charge in [-0.15, -0.1) is 0 Å². The standard InChI is InChI=1S/C25H35N2.HI/c1-19-24(22-17-20-9-4-5-10-21(20)18-22)12-8-13-25(19)26-15-14-23-11-6-7-16-27(23,2)3;/h4-5,8-10,12-13,22-23,26H,6-7,11,14-18H2,1-3H3;1H/q+1;/p-1. The Bertz CT molecular complexity index is 774. The van der Waals surface area contributed by atoms with Gasteiger partial charge in [0, 0.05) is 18.7 Å². The summed E-state index contributed by atoms with van der Waals surface area (Å²) >= 11 is 0. The van der Waals surface area contributed by atoms with Crippen molar-refractivity contribution in [3.05, 3.63) is 64.7 Å². The van der Waals surface area contributed by atoms with E-state index in [0.29, 0.717) is 5.92 Å². The normalized spacial score (nSPS) is 21.0. The van der Waals surface area contributed by atoms with Crippen molar-refractivity contribution in [1.82, 2.24) is 0 Å². The van der Waals surface area contributed by atoms with E-state index in [-0.39, 0.29) is 24.0 Å². The zero-order valence-corrected chi connectivity index (χ0v) is 19.8. The van der Waals surface area contributed by atoms with Crippen LogP contribution < -0.4 is 29.3 Å². The third-order valence-corrected chi connectivity index (χ3v) is 7.17. The average Bonchev–Trinajstić information content (AvgIpc) is 3.08. The first kappa shape index (κ1) is 21.6. The van der Waals surface area contributed by atoms with Crippen molar-refractivity contribution in [1.29, 1.82) is 0 Å². The summed E-state index contributed by atoms with van der Waals surface area (Å²) in [6.07, 6.45) is 7.83. The summed E-state index contributed by atoms with van der Waals surface area (Å²) in [7, 11) is 4.82. The third kappa shape index (κ3) is 4.56. The topological polar surface area (TPSA) is 12.0 Å². The molecule has 1 saturated heterocycles. The van der Waals surface area contributed by atoms with Gasteiger partial charge in [-0.2, -0.15) is 0 Å². The van der Waals surface area contributed by atoms with E-state index >= 15 is 0 Å². The molecule has 2 aromatic carbocycles. The number of hydrogen-bond acceptors (Lipinski definition) is 1. The Kier molecular flexibility index (Phi) is 7.08. The highest BCUT2D eigenvalue weighted by Gasteiger charge is 2.30. The molecule has 1 atom stereocenters. The van der Waals surface area contributed by atoms with Crippen molar-refractivity contribution in [2.24, 2.45) is 0 Å². The van der Waals surface area contributed by atoms with E-state index in [1.54, 1.807) is 0 Å². The lowest BCUT2D eigenvalue weighted by atomic mass is 9.91. The highest BCUT2D eigenvalue weighted by Crippen LogP contribution is 2.37. The maximum Gasteiger partial charge on any atom is 0.0903 e. The van der Waals surface area contributed by atoms with Gasteiger partial charge in [0.1, 0.15) is 0 Å². The SMILES string of the molecule is Cc1c(NCCC2CCCC[N+]2(C)C)cccc1C1Cc2ccccc2C1.[I-]. The number of likely N-dealkylation sites (tertiary alicyclic amines) is 1. The van der Waals surface area contributed by atoms with Crippen LogP contribution >= 0.6 is 0 Å². The molecule has 2 aromatic rings. The molecule has 0 spiro atoms. The second kappa shape index (κ2) is 9.17. The first-order valence-corrected chi connectivity index (χ1v) is 10.8. The largest absolute Gasteiger partial charge is 1.00 e. The Labute approximate surface area is 188 Å². The highest BCUT2D eigenvalue weighted by atomic mass is 127. The number of rotatable bonds is 5. The molecule has 0 saturated carbocycles. The summed E-state index contributed by atoms with van der Waals surface area (Å²) in [6.45, 7) is 4.73. The van der Waals surface area contributed by atoms with E-state index < -0.39 is 0 Å². The maximum absolute atomic E-state index is 3.77. The second-order valence-electron chi connectivity index (χ2n) is 9.26. The van der Waals surface area contributed by atoms with Crippen LogP contribution in [0, 0.1) is 6.92 Å². The first-order chi connectivity index (χ1) is 13.0. The van der Waals surface area contributed by atoms with Gasteiger partial charge in [0.15, 0.2) is 0 Å². The molecule has 152 valence electrons. The zero-order chi connectivity index (χ0) is 18.9. The van der Waals surface area contributed by atoms with Crippen molar-refractivity contribution in [3.63, 3.8) is 0 Å². The number of hydrogen-bond donors (Lipinski definition) is 1. The number of nitrogens with one attached hydrogen (secondary N) is 1. The molecule has 2 nitrogen and oxygen atoms in total. The number of nitrogens with zero attached hydrogens (tertiary/aromatic N) is 1. The number of piperidine rings is 1. The minimum absolute atomic E-state index is 0. The zero-order valence-electron chi connectivity index (χ0n) is 17.7. The average molecular weight is 490 g/mol. The van der Waals surface area contributed by atoms with E-state index in [1.165, 1.54) is 77.5 Å². The van der Waals surface area contributed by atoms with E-state index in [9.17, 15) is 0 Å². The summed E-state index contributed by atoms with van der Waals surface area (Å²) in [6, 6.07) is 16.6. The molecule has 1 unspecified atom stereocenters. The molecule has 3 heteroatoms. The lowest BCUT2D eigenvalue weighted by Gasteiger charge is -2.41. The molecule has 0 amide bonds. The summed E-state index contributed by atoms with van der Waals surface area (Å²) in [5.74, 6) is 0.637. The molecule has 2 aliphatic rings. The Morgan fingerprint density at radius 2 is 1.68 bits per heavy atom. The van der Waals surface area contributed by atoms with E-state index in [0.717, 1.165) is 12.6 Å². The van der Waals surface area contributed by atoms with Gasteiger partial charge in [0.2, 0.25) is 0 Å². The molecule has 1 heterocycles. The van der Waals surface area contributed by atoms with Crippen LogP contribution in [0.1, 0.15) is 53.9 Å². The van der Waals surface area contributed by atoms with Crippen LogP contribution in [0.3, 0.4) is 0 Å². The van der Waals surface area contributed by atoms with Gasteiger partial charge in [0.05, 0.1) is 26.7 Å². The lowest BCUT2D eigenvalue weighted by molar-refractivity contribution is -0.920. The molecule has 1 N–H and O–H groups in total. The molecule has 1 aliphatic carbocycles. The number of fused-ring (bicyclic) bond motifs is 1. The van der Waals surface area contributed by atoms with Crippen molar-refractivity contribution in [2.75, 3.05) is 32.5 Å². The number of anilines is 1. The molecule has 28 heavy (non-hydrogen) atoms. The van der Waals surface area contributed by atoms with Gasteiger partial charge in [-0.05, 0) is 73.3 Å². The van der Waals surface area contributed by atoms with Crippen LogP contribution in [0.4, 0.5) is 5.69 Å². The maximum atomic E-state index is 3.77. The van der Waals surface area contributed by atoms with E-state index in [4.69, 9.17) is 0 Å². The van der Waals surface area contributed by atoms with Gasteiger partial charge >= 0.3 is 0 Å². The Morgan fingerprint density at radius 3 is 2.36 bits per heavy atom. The van der Waals surface area contributed by atoms with E-state index in [1.807, 2.05) is 0 Å². The molecular formula is C25H35IN2. The number of quaternary nitrogens is 1. The quantitative estimate of drug-likeness (QED) is 0.501. The van der Waals surface area contributed by atoms with Gasteiger partial charge in [-0.3, -0.25) is 0 Å². The summed E-state index contributed by atoms with van der Waals surface area (Å²) in [5, 5.41) is 3.77. The van der Waals surface area contributed by atoms with Crippen molar-refractivity contribution < 1.29 is 28.5 Å². The molecule has 0 radical (unpaired) electrons. The Balaban J connectivity index is 0.00000225. The summed E-state index contributed by atoms with van der Waals surface area (Å²) < 4.78 is 1.20. The third-order valence-electron chi connectivity index (χ3n) is 7.17. The van der Waals surface area contributed by atoms with Crippen LogP contribution in [0.2, 0.25) is 0 Å². The smallest absolute Gasteiger partial charge is 0.0903 e. The predicted molar refractivity (Wildman–Crippen MR) is 115 cm³/mol. The second-order valence-corrected chi connectivity index (χ2v) is 9.26. The van der Waals surface area contributed by atoms with Crippen LogP contribution in [0.5, 0.6) is 0 Å². The highest BCUT2D eigenvalue weighted by molar-refractivity contribution is 5.56. The predicted octanol–water partition coefficient (Wildman–Crippen LogP) is 2.31. The van der Waals surface area contributed by atoms with Gasteiger partial charge in [-0.1, -0.05) is 36.4 Å². The summed E-state index contributed by atoms with van der Waals surface area (Å²) in [4.78, 5) is 0. The molecule has 0 bridgehead atoms. The van der Waals surface area contributed by atoms with E-state index in [2.05, 4.69) is 68.8 Å². The van der Waals surface area contributed by atoms with Crippen molar-refractivity contribution in [3.8, 4) is 0 Å². The van der Waals surface area contributed by atoms with Gasteiger partial charge < -0.3 is 33.8 Å². The van der Waals surface area contributed by atoms with Crippen molar-refractivity contribution in [2.45, 2.75) is 57.4 Å². The monoisotopic (exact) mass is 490 g/mol. The number of halogens is 1. The molecule has 0 aromatic heterocycles. The fourth-order valence-electron chi connectivity index (χ4n) is 5.36. The fraction of sp³-hybridized carbons (Fsp3) is 0.520. The molecule has 1 fully saturated rings. The summed E-state index contributed by atoms with van der Waals surface area (Å²) in [5.41, 5.74) is 7.40. The van der Waals surface area contributed by atoms with Crippen LogP contribution in [-0.4, -0.2) is 37.7 Å². The molecule has 1 aliphatic heterocycles. The molecular weight excluding hydrogens is 455 g/mol. The fourth-order valence-corrected chi connectivity index (χ4v) is 5.36. The van der Waals surface area contributed by atoms with Gasteiger partial charge in [0.25, 0.3) is 0 Å². The lowest BCUT2D eigenvalue weighted by Crippen LogP contribution is -3.00. The van der Waals surface area contributed by atoms with Crippen LogP contribution in [0.15, 0.2) is 42.5 Å². The Hall–Kier alpha value is -1.07. The van der Waals surface area contributed by atoms with Crippen molar-refractivity contribution >= 4 is 5.69 Å². The van der Waals surface area contributed by atoms with Crippen LogP contribution in [0.25, 0.3) is 0 Å². The van der Waals surface area contributed by atoms with Crippen LogP contribution in [-0.2, 0) is 12.8 Å².